The van der Waals surface area contributed by atoms with Crippen LogP contribution in [0.15, 0.2) is 100 Å². The number of benzene rings is 3. The Hall–Kier alpha value is -3.04. The highest BCUT2D eigenvalue weighted by Crippen LogP contribution is 2.30. The summed E-state index contributed by atoms with van der Waals surface area (Å²) in [5.41, 5.74) is 8.82. The molecule has 1 aliphatic rings. The van der Waals surface area contributed by atoms with Crippen LogP contribution in [0.3, 0.4) is 0 Å². The molecule has 3 heteroatoms. The summed E-state index contributed by atoms with van der Waals surface area (Å²) in [5, 5.41) is 1.04. The van der Waals surface area contributed by atoms with Gasteiger partial charge in [0.1, 0.15) is 0 Å². The van der Waals surface area contributed by atoms with Gasteiger partial charge < -0.3 is 4.90 Å². The van der Waals surface area contributed by atoms with Crippen LogP contribution in [0.1, 0.15) is 40.7 Å². The fourth-order valence-electron chi connectivity index (χ4n) is 4.32. The largest absolute Gasteiger partial charge is 0.343 e. The molecule has 0 spiro atoms. The number of nitrogens with zero attached hydrogens (tertiary/aromatic N) is 2. The van der Waals surface area contributed by atoms with E-state index in [1.165, 1.54) is 38.3 Å². The van der Waals surface area contributed by atoms with E-state index in [1.807, 2.05) is 0 Å². The van der Waals surface area contributed by atoms with Crippen molar-refractivity contribution in [3.05, 3.63) is 118 Å². The summed E-state index contributed by atoms with van der Waals surface area (Å²) in [7, 11) is 0. The van der Waals surface area contributed by atoms with E-state index >= 15 is 0 Å². The van der Waals surface area contributed by atoms with Gasteiger partial charge in [0.15, 0.2) is 5.17 Å². The van der Waals surface area contributed by atoms with Gasteiger partial charge in [-0.2, -0.15) is 0 Å². The second kappa shape index (κ2) is 11.4. The molecule has 0 fully saturated rings. The summed E-state index contributed by atoms with van der Waals surface area (Å²) in [6, 6.07) is 24.0. The normalized spacial score (nSPS) is 13.6. The predicted octanol–water partition coefficient (Wildman–Crippen LogP) is 8.48. The summed E-state index contributed by atoms with van der Waals surface area (Å²) in [6.07, 6.45) is 8.93. The van der Waals surface area contributed by atoms with Crippen LogP contribution < -0.4 is 0 Å². The van der Waals surface area contributed by atoms with Crippen LogP contribution in [-0.2, 0) is 6.54 Å². The third kappa shape index (κ3) is 6.74. The minimum atomic E-state index is 0.823. The van der Waals surface area contributed by atoms with Crippen LogP contribution in [0.4, 0.5) is 5.69 Å². The Morgan fingerprint density at radius 3 is 2.29 bits per heavy atom. The maximum Gasteiger partial charge on any atom is 0.169 e. The first kappa shape index (κ1) is 24.1. The summed E-state index contributed by atoms with van der Waals surface area (Å²) >= 11 is 1.78. The lowest BCUT2D eigenvalue weighted by Gasteiger charge is -2.28. The van der Waals surface area contributed by atoms with Crippen LogP contribution in [0.2, 0.25) is 0 Å². The van der Waals surface area contributed by atoms with Crippen LogP contribution >= 0.6 is 11.8 Å². The van der Waals surface area contributed by atoms with E-state index in [4.69, 9.17) is 4.99 Å². The molecule has 1 aliphatic carbocycles. The molecule has 0 saturated heterocycles. The highest BCUT2D eigenvalue weighted by atomic mass is 32.2. The molecule has 0 aromatic heterocycles. The Balaban J connectivity index is 1.77. The Kier molecular flexibility index (Phi) is 8.08. The van der Waals surface area contributed by atoms with Gasteiger partial charge in [0, 0.05) is 18.0 Å². The molecule has 0 unspecified atom stereocenters. The lowest BCUT2D eigenvalue weighted by atomic mass is 10.0. The zero-order chi connectivity index (χ0) is 23.9. The Labute approximate surface area is 209 Å². The van der Waals surface area contributed by atoms with Crippen LogP contribution in [0.25, 0.3) is 0 Å². The Morgan fingerprint density at radius 2 is 1.62 bits per heavy atom. The average molecular weight is 467 g/mol. The third-order valence-corrected chi connectivity index (χ3v) is 7.15. The van der Waals surface area contributed by atoms with Crippen molar-refractivity contribution < 1.29 is 0 Å². The second-order valence-electron chi connectivity index (χ2n) is 9.24. The minimum absolute atomic E-state index is 0.823. The minimum Gasteiger partial charge on any atom is -0.343 e. The third-order valence-electron chi connectivity index (χ3n) is 5.94. The van der Waals surface area contributed by atoms with Crippen molar-refractivity contribution in [3.8, 4) is 0 Å². The quantitative estimate of drug-likeness (QED) is 0.206. The van der Waals surface area contributed by atoms with Gasteiger partial charge in [0.05, 0.1) is 5.69 Å². The number of aliphatic imine (C=N–C) groups is 1. The number of rotatable bonds is 6. The molecular formula is C31H34N2S. The van der Waals surface area contributed by atoms with Gasteiger partial charge in [-0.05, 0) is 81.0 Å². The van der Waals surface area contributed by atoms with Crippen molar-refractivity contribution >= 4 is 22.6 Å². The molecule has 0 radical (unpaired) electrons. The SMILES string of the molecule is Cc1cc(C)cc(N=C(Sc2ccc(C)cc2C)N(CC2=CC=CCC2)Cc2ccccc2)c1. The van der Waals surface area contributed by atoms with E-state index in [9.17, 15) is 0 Å². The molecule has 0 heterocycles. The molecular weight excluding hydrogens is 432 g/mol. The standard InChI is InChI=1S/C31H34N2S/c1-23-15-16-30(26(4)18-23)34-31(32-29-19-24(2)17-25(3)20-29)33(21-27-11-7-5-8-12-27)22-28-13-9-6-10-14-28/h5-9,11-13,15-20H,10,14,21-22H2,1-4H3. The smallest absolute Gasteiger partial charge is 0.169 e. The molecule has 4 rings (SSSR count). The zero-order valence-electron chi connectivity index (χ0n) is 20.7. The predicted molar refractivity (Wildman–Crippen MR) is 148 cm³/mol. The lowest BCUT2D eigenvalue weighted by Crippen LogP contribution is -2.30. The first-order chi connectivity index (χ1) is 16.5. The molecule has 3 aromatic rings. The first-order valence-corrected chi connectivity index (χ1v) is 12.8. The van der Waals surface area contributed by atoms with Gasteiger partial charge in [-0.15, -0.1) is 0 Å². The first-order valence-electron chi connectivity index (χ1n) is 12.0. The van der Waals surface area contributed by atoms with Crippen molar-refractivity contribution in [1.29, 1.82) is 0 Å². The lowest BCUT2D eigenvalue weighted by molar-refractivity contribution is 0.449. The van der Waals surface area contributed by atoms with Gasteiger partial charge in [-0.25, -0.2) is 4.99 Å². The summed E-state index contributed by atoms with van der Waals surface area (Å²) in [5.74, 6) is 0. The van der Waals surface area contributed by atoms with Crippen molar-refractivity contribution in [3.63, 3.8) is 0 Å². The van der Waals surface area contributed by atoms with Crippen molar-refractivity contribution in [2.75, 3.05) is 6.54 Å². The van der Waals surface area contributed by atoms with Gasteiger partial charge in [-0.3, -0.25) is 0 Å². The van der Waals surface area contributed by atoms with Gasteiger partial charge in [0.2, 0.25) is 0 Å². The molecule has 0 amide bonds. The van der Waals surface area contributed by atoms with E-state index in [0.29, 0.717) is 0 Å². The van der Waals surface area contributed by atoms with Gasteiger partial charge in [0.25, 0.3) is 0 Å². The fraction of sp³-hybridized carbons (Fsp3) is 0.258. The van der Waals surface area contributed by atoms with Crippen molar-refractivity contribution in [2.24, 2.45) is 4.99 Å². The highest BCUT2D eigenvalue weighted by Gasteiger charge is 2.18. The van der Waals surface area contributed by atoms with Crippen molar-refractivity contribution in [1.82, 2.24) is 4.90 Å². The van der Waals surface area contributed by atoms with Gasteiger partial charge >= 0.3 is 0 Å². The number of hydrogen-bond acceptors (Lipinski definition) is 2. The topological polar surface area (TPSA) is 15.6 Å². The monoisotopic (exact) mass is 466 g/mol. The summed E-state index contributed by atoms with van der Waals surface area (Å²) in [4.78, 5) is 8.96. The Morgan fingerprint density at radius 1 is 0.853 bits per heavy atom. The number of amidine groups is 1. The number of allylic oxidation sites excluding steroid dienone is 3. The molecule has 2 nitrogen and oxygen atoms in total. The molecule has 0 aliphatic heterocycles. The van der Waals surface area contributed by atoms with Gasteiger partial charge in [-0.1, -0.05) is 89.7 Å². The number of thioether (sulfide) groups is 1. The molecule has 0 saturated carbocycles. The van der Waals surface area contributed by atoms with E-state index in [0.717, 1.165) is 36.8 Å². The zero-order valence-corrected chi connectivity index (χ0v) is 21.5. The molecule has 34 heavy (non-hydrogen) atoms. The van der Waals surface area contributed by atoms with Crippen LogP contribution in [0, 0.1) is 27.7 Å². The average Bonchev–Trinajstić information content (AvgIpc) is 2.80. The molecule has 0 N–H and O–H groups in total. The van der Waals surface area contributed by atoms with Crippen molar-refractivity contribution in [2.45, 2.75) is 52.0 Å². The van der Waals surface area contributed by atoms with E-state index in [2.05, 4.69) is 118 Å². The fourth-order valence-corrected chi connectivity index (χ4v) is 5.28. The maximum atomic E-state index is 5.26. The molecule has 3 aromatic carbocycles. The van der Waals surface area contributed by atoms with E-state index in [-0.39, 0.29) is 0 Å². The summed E-state index contributed by atoms with van der Waals surface area (Å²) < 4.78 is 0. The van der Waals surface area contributed by atoms with E-state index in [1.54, 1.807) is 11.8 Å². The van der Waals surface area contributed by atoms with E-state index < -0.39 is 0 Å². The summed E-state index contributed by atoms with van der Waals surface area (Å²) in [6.45, 7) is 10.3. The second-order valence-corrected chi connectivity index (χ2v) is 10.3. The highest BCUT2D eigenvalue weighted by molar-refractivity contribution is 8.13. The van der Waals surface area contributed by atoms with Crippen LogP contribution in [-0.4, -0.2) is 16.6 Å². The molecule has 0 atom stereocenters. The Bertz CT molecular complexity index is 1200. The number of aryl methyl sites for hydroxylation is 4. The van der Waals surface area contributed by atoms with Crippen LogP contribution in [0.5, 0.6) is 0 Å². The molecule has 0 bridgehead atoms. The molecule has 174 valence electrons. The maximum absolute atomic E-state index is 5.26. The number of hydrogen-bond donors (Lipinski definition) is 0.